The largest absolute Gasteiger partial charge is 0.493 e. The van der Waals surface area contributed by atoms with Crippen LogP contribution in [0.15, 0.2) is 59.6 Å². The van der Waals surface area contributed by atoms with E-state index in [1.165, 1.54) is 55.8 Å². The first-order chi connectivity index (χ1) is 15.9. The van der Waals surface area contributed by atoms with Gasteiger partial charge >= 0.3 is 6.18 Å². The van der Waals surface area contributed by atoms with Crippen molar-refractivity contribution in [1.82, 2.24) is 4.98 Å². The van der Waals surface area contributed by atoms with Gasteiger partial charge in [0.2, 0.25) is 5.88 Å². The molecule has 0 saturated heterocycles. The lowest BCUT2D eigenvalue weighted by Crippen LogP contribution is -2.16. The Balaban J connectivity index is 2.05. The standard InChI is InChI=1S/C22H17F3N4O4S/c1-32-18-7-6-13(11-26)8-19(18)33-21-17(9-14(12-28-21)22(23,24)25)20(30)29-15-4-3-5-16(10-15)34(2,27)31/h3-10,12,27H,1-2H3,(H,29,30). The number of nitrogens with zero attached hydrogens (tertiary/aromatic N) is 2. The Labute approximate surface area is 192 Å². The van der Waals surface area contributed by atoms with E-state index in [4.69, 9.17) is 19.5 Å². The summed E-state index contributed by atoms with van der Waals surface area (Å²) in [5.41, 5.74) is -1.44. The highest BCUT2D eigenvalue weighted by Crippen LogP contribution is 2.36. The highest BCUT2D eigenvalue weighted by atomic mass is 32.2. The minimum absolute atomic E-state index is 0.0372. The van der Waals surface area contributed by atoms with E-state index in [1.807, 2.05) is 6.07 Å². The fraction of sp³-hybridized carbons (Fsp3) is 0.136. The van der Waals surface area contributed by atoms with E-state index < -0.39 is 38.8 Å². The number of ether oxygens (including phenoxy) is 2. The molecule has 0 aliphatic heterocycles. The molecule has 1 amide bonds. The van der Waals surface area contributed by atoms with Gasteiger partial charge < -0.3 is 14.8 Å². The van der Waals surface area contributed by atoms with Gasteiger partial charge in [-0.25, -0.2) is 14.0 Å². The molecule has 176 valence electrons. The van der Waals surface area contributed by atoms with E-state index in [1.54, 1.807) is 0 Å². The topological polar surface area (TPSA) is 125 Å². The summed E-state index contributed by atoms with van der Waals surface area (Å²) in [6, 6.07) is 12.2. The number of anilines is 1. The van der Waals surface area contributed by atoms with Crippen LogP contribution in [0, 0.1) is 16.1 Å². The monoisotopic (exact) mass is 490 g/mol. The van der Waals surface area contributed by atoms with Crippen LogP contribution >= 0.6 is 0 Å². The molecule has 0 spiro atoms. The molecule has 8 nitrogen and oxygen atoms in total. The first kappa shape index (κ1) is 24.5. The number of rotatable bonds is 6. The molecule has 1 unspecified atom stereocenters. The highest BCUT2D eigenvalue weighted by Gasteiger charge is 2.33. The Hall–Kier alpha value is -4.11. The molecular formula is C22H17F3N4O4S. The second kappa shape index (κ2) is 9.40. The van der Waals surface area contributed by atoms with Crippen molar-refractivity contribution < 1.29 is 31.6 Å². The average Bonchev–Trinajstić information content (AvgIpc) is 2.78. The van der Waals surface area contributed by atoms with Crippen LogP contribution in [0.3, 0.4) is 0 Å². The van der Waals surface area contributed by atoms with Crippen LogP contribution in [-0.2, 0) is 15.9 Å². The number of aromatic nitrogens is 1. The molecule has 2 aromatic carbocycles. The minimum Gasteiger partial charge on any atom is -0.493 e. The van der Waals surface area contributed by atoms with Gasteiger partial charge in [0.25, 0.3) is 5.91 Å². The Morgan fingerprint density at radius 2 is 1.91 bits per heavy atom. The molecule has 1 aromatic heterocycles. The predicted molar refractivity (Wildman–Crippen MR) is 116 cm³/mol. The van der Waals surface area contributed by atoms with Crippen LogP contribution in [0.4, 0.5) is 18.9 Å². The number of nitriles is 1. The first-order valence-electron chi connectivity index (χ1n) is 9.41. The molecule has 0 bridgehead atoms. The van der Waals surface area contributed by atoms with Gasteiger partial charge in [0, 0.05) is 29.1 Å². The molecule has 3 rings (SSSR count). The minimum atomic E-state index is -4.78. The van der Waals surface area contributed by atoms with Crippen molar-refractivity contribution in [1.29, 1.82) is 10.0 Å². The molecule has 12 heteroatoms. The molecule has 0 fully saturated rings. The van der Waals surface area contributed by atoms with Crippen molar-refractivity contribution in [2.45, 2.75) is 11.1 Å². The van der Waals surface area contributed by atoms with Gasteiger partial charge in [-0.15, -0.1) is 0 Å². The lowest BCUT2D eigenvalue weighted by atomic mass is 10.1. The lowest BCUT2D eigenvalue weighted by Gasteiger charge is -2.15. The van der Waals surface area contributed by atoms with E-state index in [-0.39, 0.29) is 27.6 Å². The molecule has 0 aliphatic carbocycles. The molecule has 34 heavy (non-hydrogen) atoms. The van der Waals surface area contributed by atoms with E-state index in [0.717, 1.165) is 0 Å². The third-order valence-electron chi connectivity index (χ3n) is 4.46. The number of hydrogen-bond donors (Lipinski definition) is 2. The van der Waals surface area contributed by atoms with Gasteiger partial charge in [-0.05, 0) is 36.4 Å². The number of alkyl halides is 3. The maximum Gasteiger partial charge on any atom is 0.417 e. The Kier molecular flexibility index (Phi) is 6.78. The van der Waals surface area contributed by atoms with Crippen molar-refractivity contribution in [2.75, 3.05) is 18.7 Å². The van der Waals surface area contributed by atoms with Crippen molar-refractivity contribution in [3.05, 3.63) is 71.4 Å². The van der Waals surface area contributed by atoms with Crippen LogP contribution in [0.25, 0.3) is 0 Å². The fourth-order valence-corrected chi connectivity index (χ4v) is 3.49. The second-order valence-corrected chi connectivity index (χ2v) is 9.14. The number of nitrogens with one attached hydrogen (secondary N) is 2. The van der Waals surface area contributed by atoms with Crippen molar-refractivity contribution >= 4 is 21.3 Å². The van der Waals surface area contributed by atoms with Crippen LogP contribution < -0.4 is 14.8 Å². The van der Waals surface area contributed by atoms with E-state index in [9.17, 15) is 22.2 Å². The first-order valence-corrected chi connectivity index (χ1v) is 11.4. The Morgan fingerprint density at radius 1 is 1.18 bits per heavy atom. The van der Waals surface area contributed by atoms with Crippen LogP contribution in [0.1, 0.15) is 21.5 Å². The van der Waals surface area contributed by atoms with E-state index in [0.29, 0.717) is 12.3 Å². The Bertz CT molecular complexity index is 1400. The lowest BCUT2D eigenvalue weighted by molar-refractivity contribution is -0.137. The number of methoxy groups -OCH3 is 1. The summed E-state index contributed by atoms with van der Waals surface area (Å²) in [4.78, 5) is 16.7. The summed E-state index contributed by atoms with van der Waals surface area (Å²) < 4.78 is 70.3. The number of carbonyl (C=O) groups excluding carboxylic acids is 1. The van der Waals surface area contributed by atoms with E-state index in [2.05, 4.69) is 10.3 Å². The molecule has 1 heterocycles. The van der Waals surface area contributed by atoms with Crippen molar-refractivity contribution in [2.24, 2.45) is 0 Å². The van der Waals surface area contributed by atoms with Gasteiger partial charge in [-0.3, -0.25) is 4.79 Å². The third kappa shape index (κ3) is 5.62. The van der Waals surface area contributed by atoms with Gasteiger partial charge in [-0.1, -0.05) is 6.07 Å². The number of pyridine rings is 1. The smallest absolute Gasteiger partial charge is 0.417 e. The summed E-state index contributed by atoms with van der Waals surface area (Å²) >= 11 is 0. The third-order valence-corrected chi connectivity index (χ3v) is 5.62. The summed E-state index contributed by atoms with van der Waals surface area (Å²) in [6.07, 6.45) is -3.07. The normalized spacial score (nSPS) is 12.8. The molecule has 0 saturated carbocycles. The number of benzene rings is 2. The van der Waals surface area contributed by atoms with Crippen LogP contribution in [0.5, 0.6) is 17.4 Å². The maximum absolute atomic E-state index is 13.3. The predicted octanol–water partition coefficient (Wildman–Crippen LogP) is 5.06. The maximum atomic E-state index is 13.3. The summed E-state index contributed by atoms with van der Waals surface area (Å²) in [5.74, 6) is -1.33. The SMILES string of the molecule is COc1ccc(C#N)cc1Oc1ncc(C(F)(F)F)cc1C(=O)Nc1cccc(S(C)(=N)=O)c1. The highest BCUT2D eigenvalue weighted by molar-refractivity contribution is 7.91. The second-order valence-electron chi connectivity index (χ2n) is 6.98. The quantitative estimate of drug-likeness (QED) is 0.498. The number of carbonyl (C=O) groups is 1. The number of hydrogen-bond acceptors (Lipinski definition) is 7. The molecule has 0 aliphatic rings. The van der Waals surface area contributed by atoms with Crippen molar-refractivity contribution in [3.63, 3.8) is 0 Å². The Morgan fingerprint density at radius 3 is 2.53 bits per heavy atom. The average molecular weight is 490 g/mol. The molecular weight excluding hydrogens is 473 g/mol. The zero-order chi connectivity index (χ0) is 25.1. The van der Waals surface area contributed by atoms with E-state index >= 15 is 0 Å². The van der Waals surface area contributed by atoms with Crippen molar-refractivity contribution in [3.8, 4) is 23.4 Å². The molecule has 1 atom stereocenters. The molecule has 0 radical (unpaired) electrons. The van der Waals surface area contributed by atoms with Gasteiger partial charge in [0.05, 0.1) is 34.0 Å². The molecule has 3 aromatic rings. The summed E-state index contributed by atoms with van der Waals surface area (Å²) in [5, 5.41) is 11.5. The summed E-state index contributed by atoms with van der Waals surface area (Å²) in [7, 11) is -1.77. The zero-order valence-electron chi connectivity index (χ0n) is 17.8. The number of halogens is 3. The van der Waals surface area contributed by atoms with Gasteiger partial charge in [0.15, 0.2) is 11.5 Å². The van der Waals surface area contributed by atoms with Crippen LogP contribution in [-0.4, -0.2) is 28.5 Å². The van der Waals surface area contributed by atoms with Gasteiger partial charge in [0.1, 0.15) is 5.56 Å². The fourth-order valence-electron chi connectivity index (χ4n) is 2.80. The number of amides is 1. The zero-order valence-corrected chi connectivity index (χ0v) is 18.6. The van der Waals surface area contributed by atoms with Gasteiger partial charge in [-0.2, -0.15) is 18.4 Å². The summed E-state index contributed by atoms with van der Waals surface area (Å²) in [6.45, 7) is 0. The van der Waals surface area contributed by atoms with Crippen LogP contribution in [0.2, 0.25) is 0 Å². The molecule has 2 N–H and O–H groups in total.